The molecule has 0 aliphatic heterocycles. The van der Waals surface area contributed by atoms with Gasteiger partial charge in [0.05, 0.1) is 35.5 Å². The molecule has 0 aliphatic rings. The number of nitrogens with one attached hydrogen (secondary N) is 1. The Kier molecular flexibility index (Phi) is 7.75. The molecule has 0 bridgehead atoms. The van der Waals surface area contributed by atoms with Crippen LogP contribution in [0.1, 0.15) is 15.9 Å². The van der Waals surface area contributed by atoms with Crippen LogP contribution in [-0.2, 0) is 0 Å². The normalized spacial score (nSPS) is 10.6. The molecular formula is C25H26N2O6. The Morgan fingerprint density at radius 2 is 1.48 bits per heavy atom. The van der Waals surface area contributed by atoms with Gasteiger partial charge in [0.15, 0.2) is 28.8 Å². The molecule has 0 spiro atoms. The zero-order valence-electron chi connectivity index (χ0n) is 19.2. The number of aromatic nitrogens is 1. The first-order valence-corrected chi connectivity index (χ1v) is 10.0. The van der Waals surface area contributed by atoms with Crippen molar-refractivity contribution in [1.29, 1.82) is 0 Å². The summed E-state index contributed by atoms with van der Waals surface area (Å²) in [5.74, 6) is 2.81. The fourth-order valence-electron chi connectivity index (χ4n) is 3.19. The van der Waals surface area contributed by atoms with Crippen LogP contribution in [0.3, 0.4) is 0 Å². The van der Waals surface area contributed by atoms with Gasteiger partial charge in [0.1, 0.15) is 5.82 Å². The number of benzene rings is 2. The second-order valence-corrected chi connectivity index (χ2v) is 6.75. The van der Waals surface area contributed by atoms with E-state index < -0.39 is 0 Å². The first-order valence-electron chi connectivity index (χ1n) is 10.0. The quantitative estimate of drug-likeness (QED) is 0.349. The lowest BCUT2D eigenvalue weighted by Gasteiger charge is -2.13. The molecule has 0 amide bonds. The van der Waals surface area contributed by atoms with Gasteiger partial charge < -0.3 is 29.0 Å². The third-order valence-electron chi connectivity index (χ3n) is 4.85. The number of nitrogens with zero attached hydrogens (tertiary/aromatic N) is 1. The van der Waals surface area contributed by atoms with Crippen molar-refractivity contribution in [1.82, 2.24) is 4.98 Å². The fraction of sp³-hybridized carbons (Fsp3) is 0.200. The minimum Gasteiger partial charge on any atom is -0.493 e. The topological polar surface area (TPSA) is 88.1 Å². The SMILES string of the molecule is COc1ccc(Nc2ncccc2C=CC(=O)c2cc(OC)c(OC)c(OC)c2)cc1OC. The van der Waals surface area contributed by atoms with E-state index in [4.69, 9.17) is 23.7 Å². The number of ether oxygens (including phenoxy) is 5. The van der Waals surface area contributed by atoms with Gasteiger partial charge in [-0.3, -0.25) is 4.79 Å². The summed E-state index contributed by atoms with van der Waals surface area (Å²) >= 11 is 0. The predicted molar refractivity (Wildman–Crippen MR) is 127 cm³/mol. The minimum absolute atomic E-state index is 0.227. The molecule has 0 unspecified atom stereocenters. The molecule has 1 aromatic heterocycles. The van der Waals surface area contributed by atoms with Crippen LogP contribution in [0.15, 0.2) is 54.7 Å². The number of hydrogen-bond donors (Lipinski definition) is 1. The average molecular weight is 450 g/mol. The van der Waals surface area contributed by atoms with Gasteiger partial charge in [0.2, 0.25) is 5.75 Å². The van der Waals surface area contributed by atoms with Crippen molar-refractivity contribution in [3.63, 3.8) is 0 Å². The van der Waals surface area contributed by atoms with Crippen LogP contribution in [0.2, 0.25) is 0 Å². The molecule has 0 aliphatic carbocycles. The second-order valence-electron chi connectivity index (χ2n) is 6.75. The highest BCUT2D eigenvalue weighted by atomic mass is 16.5. The summed E-state index contributed by atoms with van der Waals surface area (Å²) < 4.78 is 26.6. The monoisotopic (exact) mass is 450 g/mol. The molecule has 33 heavy (non-hydrogen) atoms. The summed E-state index contributed by atoms with van der Waals surface area (Å²) in [6, 6.07) is 12.3. The van der Waals surface area contributed by atoms with Crippen molar-refractivity contribution in [2.75, 3.05) is 40.9 Å². The van der Waals surface area contributed by atoms with E-state index in [2.05, 4.69) is 10.3 Å². The highest BCUT2D eigenvalue weighted by Gasteiger charge is 2.16. The molecule has 3 rings (SSSR count). The molecule has 3 aromatic rings. The molecule has 1 heterocycles. The Bertz CT molecular complexity index is 1130. The average Bonchev–Trinajstić information content (AvgIpc) is 2.86. The fourth-order valence-corrected chi connectivity index (χ4v) is 3.19. The molecule has 0 atom stereocenters. The van der Waals surface area contributed by atoms with Crippen LogP contribution in [0.4, 0.5) is 11.5 Å². The number of pyridine rings is 1. The third-order valence-corrected chi connectivity index (χ3v) is 4.85. The Morgan fingerprint density at radius 1 is 0.818 bits per heavy atom. The van der Waals surface area contributed by atoms with E-state index in [1.807, 2.05) is 18.2 Å². The lowest BCUT2D eigenvalue weighted by atomic mass is 10.1. The molecule has 172 valence electrons. The molecular weight excluding hydrogens is 424 g/mol. The van der Waals surface area contributed by atoms with E-state index in [9.17, 15) is 4.79 Å². The zero-order chi connectivity index (χ0) is 23.8. The van der Waals surface area contributed by atoms with Gasteiger partial charge in [0, 0.05) is 29.1 Å². The number of allylic oxidation sites excluding steroid dienone is 1. The molecule has 8 heteroatoms. The maximum atomic E-state index is 12.9. The minimum atomic E-state index is -0.227. The summed E-state index contributed by atoms with van der Waals surface area (Å²) in [7, 11) is 7.67. The van der Waals surface area contributed by atoms with Crippen LogP contribution in [0.5, 0.6) is 28.7 Å². The molecule has 1 N–H and O–H groups in total. The van der Waals surface area contributed by atoms with Gasteiger partial charge in [-0.25, -0.2) is 4.98 Å². The van der Waals surface area contributed by atoms with Gasteiger partial charge in [-0.05, 0) is 48.6 Å². The van der Waals surface area contributed by atoms with Crippen LogP contribution < -0.4 is 29.0 Å². The van der Waals surface area contributed by atoms with Gasteiger partial charge in [0.25, 0.3) is 0 Å². The molecule has 0 saturated carbocycles. The maximum Gasteiger partial charge on any atom is 0.203 e. The lowest BCUT2D eigenvalue weighted by molar-refractivity contribution is 0.104. The number of carbonyl (C=O) groups is 1. The summed E-state index contributed by atoms with van der Waals surface area (Å²) in [6.07, 6.45) is 4.83. The van der Waals surface area contributed by atoms with E-state index >= 15 is 0 Å². The smallest absolute Gasteiger partial charge is 0.203 e. The Morgan fingerprint density at radius 3 is 2.09 bits per heavy atom. The first kappa shape index (κ1) is 23.5. The number of hydrogen-bond acceptors (Lipinski definition) is 8. The molecule has 8 nitrogen and oxygen atoms in total. The lowest BCUT2D eigenvalue weighted by Crippen LogP contribution is -2.01. The molecule has 0 radical (unpaired) electrons. The van der Waals surface area contributed by atoms with Crippen molar-refractivity contribution in [3.05, 3.63) is 65.9 Å². The first-order chi connectivity index (χ1) is 16.0. The highest BCUT2D eigenvalue weighted by Crippen LogP contribution is 2.38. The third kappa shape index (κ3) is 5.35. The van der Waals surface area contributed by atoms with Crippen molar-refractivity contribution in [2.24, 2.45) is 0 Å². The summed E-state index contributed by atoms with van der Waals surface area (Å²) in [5.41, 5.74) is 1.89. The Balaban J connectivity index is 1.87. The van der Waals surface area contributed by atoms with Crippen molar-refractivity contribution in [3.8, 4) is 28.7 Å². The van der Waals surface area contributed by atoms with Crippen LogP contribution in [-0.4, -0.2) is 46.3 Å². The van der Waals surface area contributed by atoms with E-state index in [0.717, 1.165) is 11.3 Å². The number of carbonyl (C=O) groups excluding carboxylic acids is 1. The Hall–Kier alpha value is -4.20. The largest absolute Gasteiger partial charge is 0.493 e. The van der Waals surface area contributed by atoms with E-state index in [-0.39, 0.29) is 5.78 Å². The van der Waals surface area contributed by atoms with Crippen LogP contribution >= 0.6 is 0 Å². The second kappa shape index (κ2) is 10.9. The van der Waals surface area contributed by atoms with Crippen molar-refractivity contribution < 1.29 is 28.5 Å². The zero-order valence-corrected chi connectivity index (χ0v) is 19.2. The molecule has 2 aromatic carbocycles. The van der Waals surface area contributed by atoms with E-state index in [0.29, 0.717) is 40.1 Å². The van der Waals surface area contributed by atoms with Crippen LogP contribution in [0.25, 0.3) is 6.08 Å². The standard InChI is InChI=1S/C25H26N2O6/c1-29-20-11-9-18(15-21(20)30-2)27-25-16(7-6-12-26-25)8-10-19(28)17-13-22(31-3)24(33-5)23(14-17)32-4/h6-15H,1-5H3,(H,26,27). The van der Waals surface area contributed by atoms with Gasteiger partial charge in [-0.15, -0.1) is 0 Å². The van der Waals surface area contributed by atoms with E-state index in [1.54, 1.807) is 50.8 Å². The molecule has 0 saturated heterocycles. The van der Waals surface area contributed by atoms with E-state index in [1.165, 1.54) is 27.4 Å². The highest BCUT2D eigenvalue weighted by molar-refractivity contribution is 6.07. The van der Waals surface area contributed by atoms with Crippen molar-refractivity contribution >= 4 is 23.4 Å². The summed E-state index contributed by atoms with van der Waals surface area (Å²) in [4.78, 5) is 17.3. The van der Waals surface area contributed by atoms with Crippen LogP contribution in [0, 0.1) is 0 Å². The van der Waals surface area contributed by atoms with Crippen molar-refractivity contribution in [2.45, 2.75) is 0 Å². The number of methoxy groups -OCH3 is 5. The van der Waals surface area contributed by atoms with Gasteiger partial charge in [-0.2, -0.15) is 0 Å². The maximum absolute atomic E-state index is 12.9. The predicted octanol–water partition coefficient (Wildman–Crippen LogP) is 4.76. The van der Waals surface area contributed by atoms with Gasteiger partial charge >= 0.3 is 0 Å². The number of ketones is 1. The summed E-state index contributed by atoms with van der Waals surface area (Å²) in [5, 5.41) is 3.25. The number of rotatable bonds is 10. The summed E-state index contributed by atoms with van der Waals surface area (Å²) in [6.45, 7) is 0. The van der Waals surface area contributed by atoms with Gasteiger partial charge in [-0.1, -0.05) is 0 Å². The Labute approximate surface area is 192 Å². The molecule has 0 fully saturated rings. The number of anilines is 2.